The number of hydrogen-bond acceptors (Lipinski definition) is 4. The van der Waals surface area contributed by atoms with Crippen molar-refractivity contribution in [3.8, 4) is 17.2 Å². The molecule has 0 bridgehead atoms. The van der Waals surface area contributed by atoms with E-state index in [2.05, 4.69) is 10.3 Å². The third-order valence-electron chi connectivity index (χ3n) is 4.55. The Morgan fingerprint density at radius 3 is 2.29 bits per heavy atom. The second kappa shape index (κ2) is 12.7. The minimum atomic E-state index is 0. The summed E-state index contributed by atoms with van der Waals surface area (Å²) < 4.78 is 16.6. The molecule has 31 heavy (non-hydrogen) atoms. The minimum Gasteiger partial charge on any atom is -0.493 e. The average Bonchev–Trinajstić information content (AvgIpc) is 2.81. The highest BCUT2D eigenvalue weighted by molar-refractivity contribution is 14.0. The van der Waals surface area contributed by atoms with Gasteiger partial charge in [0.05, 0.1) is 20.8 Å². The summed E-state index contributed by atoms with van der Waals surface area (Å²) in [6.07, 6.45) is 0. The highest BCUT2D eigenvalue weighted by atomic mass is 127. The van der Waals surface area contributed by atoms with Crippen LogP contribution in [0.4, 0.5) is 0 Å². The van der Waals surface area contributed by atoms with Crippen LogP contribution < -0.4 is 25.3 Å². The molecule has 3 aromatic carbocycles. The summed E-state index contributed by atoms with van der Waals surface area (Å²) in [4.78, 5) is 4.41. The van der Waals surface area contributed by atoms with Crippen molar-refractivity contribution in [2.75, 3.05) is 14.2 Å². The van der Waals surface area contributed by atoms with Crippen molar-refractivity contribution in [2.45, 2.75) is 19.7 Å². The van der Waals surface area contributed by atoms with Crippen molar-refractivity contribution in [3.05, 3.63) is 89.5 Å². The molecular weight excluding hydrogens is 505 g/mol. The van der Waals surface area contributed by atoms with E-state index < -0.39 is 0 Å². The Labute approximate surface area is 200 Å². The molecule has 0 saturated heterocycles. The number of nitrogens with two attached hydrogens (primary N) is 1. The Morgan fingerprint density at radius 1 is 0.839 bits per heavy atom. The predicted molar refractivity (Wildman–Crippen MR) is 134 cm³/mol. The minimum absolute atomic E-state index is 0. The SMILES string of the molecule is COc1ccc(CN=C(N)NCc2ccccc2OCc2ccccc2)cc1OC.I. The number of benzene rings is 3. The zero-order valence-corrected chi connectivity index (χ0v) is 20.0. The van der Waals surface area contributed by atoms with Crippen molar-refractivity contribution in [1.29, 1.82) is 0 Å². The van der Waals surface area contributed by atoms with Crippen molar-refractivity contribution < 1.29 is 14.2 Å². The lowest BCUT2D eigenvalue weighted by Gasteiger charge is -2.13. The Bertz CT molecular complexity index is 981. The molecule has 6 nitrogen and oxygen atoms in total. The average molecular weight is 533 g/mol. The third kappa shape index (κ3) is 7.36. The molecule has 3 rings (SSSR count). The van der Waals surface area contributed by atoms with E-state index in [1.54, 1.807) is 14.2 Å². The lowest BCUT2D eigenvalue weighted by Crippen LogP contribution is -2.31. The molecule has 0 spiro atoms. The second-order valence-corrected chi connectivity index (χ2v) is 6.63. The Kier molecular flexibility index (Phi) is 9.96. The van der Waals surface area contributed by atoms with Crippen LogP contribution in [0, 0.1) is 0 Å². The van der Waals surface area contributed by atoms with Crippen LogP contribution in [0.15, 0.2) is 77.8 Å². The van der Waals surface area contributed by atoms with Crippen molar-refractivity contribution in [1.82, 2.24) is 5.32 Å². The topological polar surface area (TPSA) is 78.1 Å². The van der Waals surface area contributed by atoms with Crippen LogP contribution in [0.1, 0.15) is 16.7 Å². The molecule has 0 heterocycles. The summed E-state index contributed by atoms with van der Waals surface area (Å²) in [5.41, 5.74) is 9.16. The first-order chi connectivity index (χ1) is 14.7. The van der Waals surface area contributed by atoms with Gasteiger partial charge in [0, 0.05) is 12.1 Å². The maximum Gasteiger partial charge on any atom is 0.189 e. The van der Waals surface area contributed by atoms with Crippen LogP contribution in [-0.4, -0.2) is 20.2 Å². The molecule has 0 aliphatic carbocycles. The normalized spacial score (nSPS) is 10.7. The molecular formula is C24H28IN3O3. The lowest BCUT2D eigenvalue weighted by atomic mass is 10.2. The quantitative estimate of drug-likeness (QED) is 0.241. The fourth-order valence-electron chi connectivity index (χ4n) is 2.92. The van der Waals surface area contributed by atoms with Gasteiger partial charge in [0.25, 0.3) is 0 Å². The highest BCUT2D eigenvalue weighted by Crippen LogP contribution is 2.27. The van der Waals surface area contributed by atoms with E-state index in [-0.39, 0.29) is 24.0 Å². The number of methoxy groups -OCH3 is 2. The molecule has 7 heteroatoms. The zero-order valence-electron chi connectivity index (χ0n) is 17.7. The maximum absolute atomic E-state index is 6.05. The number of guanidine groups is 1. The van der Waals surface area contributed by atoms with Gasteiger partial charge in [-0.2, -0.15) is 0 Å². The molecule has 0 aliphatic heterocycles. The maximum atomic E-state index is 6.05. The Hall–Kier alpha value is -2.94. The van der Waals surface area contributed by atoms with Gasteiger partial charge in [-0.15, -0.1) is 24.0 Å². The van der Waals surface area contributed by atoms with Gasteiger partial charge in [-0.05, 0) is 29.3 Å². The smallest absolute Gasteiger partial charge is 0.189 e. The number of halogens is 1. The first-order valence-corrected chi connectivity index (χ1v) is 9.69. The van der Waals surface area contributed by atoms with Gasteiger partial charge in [0.2, 0.25) is 0 Å². The van der Waals surface area contributed by atoms with Gasteiger partial charge in [0.15, 0.2) is 17.5 Å². The van der Waals surface area contributed by atoms with Crippen LogP contribution in [-0.2, 0) is 19.7 Å². The largest absolute Gasteiger partial charge is 0.493 e. The number of para-hydroxylation sites is 1. The van der Waals surface area contributed by atoms with E-state index in [9.17, 15) is 0 Å². The molecule has 3 N–H and O–H groups in total. The monoisotopic (exact) mass is 533 g/mol. The molecule has 0 aromatic heterocycles. The molecule has 0 fully saturated rings. The first-order valence-electron chi connectivity index (χ1n) is 9.69. The van der Waals surface area contributed by atoms with Crippen LogP contribution in [0.3, 0.4) is 0 Å². The summed E-state index contributed by atoms with van der Waals surface area (Å²) >= 11 is 0. The van der Waals surface area contributed by atoms with Crippen LogP contribution >= 0.6 is 24.0 Å². The van der Waals surface area contributed by atoms with E-state index in [0.29, 0.717) is 37.2 Å². The number of nitrogens with one attached hydrogen (secondary N) is 1. The highest BCUT2D eigenvalue weighted by Gasteiger charge is 2.06. The molecule has 0 saturated carbocycles. The van der Waals surface area contributed by atoms with E-state index in [1.165, 1.54) is 0 Å². The Balaban J connectivity index is 0.00000341. The fourth-order valence-corrected chi connectivity index (χ4v) is 2.92. The molecule has 0 radical (unpaired) electrons. The van der Waals surface area contributed by atoms with Crippen molar-refractivity contribution >= 4 is 29.9 Å². The number of ether oxygens (including phenoxy) is 3. The first kappa shape index (κ1) is 24.3. The van der Waals surface area contributed by atoms with Crippen LogP contribution in [0.5, 0.6) is 17.2 Å². The Morgan fingerprint density at radius 2 is 1.55 bits per heavy atom. The zero-order chi connectivity index (χ0) is 21.2. The van der Waals surface area contributed by atoms with E-state index in [4.69, 9.17) is 19.9 Å². The summed E-state index contributed by atoms with van der Waals surface area (Å²) in [6.45, 7) is 1.47. The molecule has 3 aromatic rings. The van der Waals surface area contributed by atoms with Crippen molar-refractivity contribution in [2.24, 2.45) is 10.7 Å². The fraction of sp³-hybridized carbons (Fsp3) is 0.208. The summed E-state index contributed by atoms with van der Waals surface area (Å²) in [6, 6.07) is 23.7. The van der Waals surface area contributed by atoms with Crippen LogP contribution in [0.25, 0.3) is 0 Å². The third-order valence-corrected chi connectivity index (χ3v) is 4.55. The second-order valence-electron chi connectivity index (χ2n) is 6.63. The standard InChI is InChI=1S/C24H27N3O3.HI/c1-28-22-13-12-19(14-23(22)29-2)15-26-24(25)27-16-20-10-6-7-11-21(20)30-17-18-8-4-3-5-9-18;/h3-14H,15-17H2,1-2H3,(H3,25,26,27);1H. The van der Waals surface area contributed by atoms with Gasteiger partial charge in [-0.3, -0.25) is 0 Å². The predicted octanol–water partition coefficient (Wildman–Crippen LogP) is 4.51. The number of rotatable bonds is 9. The summed E-state index contributed by atoms with van der Waals surface area (Å²) in [5.74, 6) is 2.54. The van der Waals surface area contributed by atoms with E-state index in [0.717, 1.165) is 22.4 Å². The summed E-state index contributed by atoms with van der Waals surface area (Å²) in [7, 11) is 3.22. The van der Waals surface area contributed by atoms with Gasteiger partial charge in [0.1, 0.15) is 12.4 Å². The summed E-state index contributed by atoms with van der Waals surface area (Å²) in [5, 5.41) is 3.15. The molecule has 0 atom stereocenters. The van der Waals surface area contributed by atoms with E-state index >= 15 is 0 Å². The van der Waals surface area contributed by atoms with Gasteiger partial charge < -0.3 is 25.3 Å². The lowest BCUT2D eigenvalue weighted by molar-refractivity contribution is 0.302. The van der Waals surface area contributed by atoms with E-state index in [1.807, 2.05) is 72.8 Å². The molecule has 0 unspecified atom stereocenters. The van der Waals surface area contributed by atoms with Gasteiger partial charge in [-0.25, -0.2) is 4.99 Å². The van der Waals surface area contributed by atoms with Crippen molar-refractivity contribution in [3.63, 3.8) is 0 Å². The molecule has 0 aliphatic rings. The number of hydrogen-bond donors (Lipinski definition) is 2. The van der Waals surface area contributed by atoms with Crippen LogP contribution in [0.2, 0.25) is 0 Å². The van der Waals surface area contributed by atoms with Gasteiger partial charge in [-0.1, -0.05) is 54.6 Å². The number of nitrogens with zero attached hydrogens (tertiary/aromatic N) is 1. The molecule has 0 amide bonds. The number of aliphatic imine (C=N–C) groups is 1. The van der Waals surface area contributed by atoms with Gasteiger partial charge >= 0.3 is 0 Å². The molecule has 164 valence electrons.